The van der Waals surface area contributed by atoms with E-state index >= 15 is 0 Å². The second kappa shape index (κ2) is 5.31. The van der Waals surface area contributed by atoms with Gasteiger partial charge in [-0.15, -0.1) is 0 Å². The normalized spacial score (nSPS) is 13.4. The van der Waals surface area contributed by atoms with Gasteiger partial charge in [-0.2, -0.15) is 0 Å². The zero-order valence-corrected chi connectivity index (χ0v) is 8.96. The van der Waals surface area contributed by atoms with E-state index in [-0.39, 0.29) is 0 Å². The minimum absolute atomic E-state index is 1.25. The van der Waals surface area contributed by atoms with Crippen LogP contribution in [0.4, 0.5) is 22.0 Å². The van der Waals surface area contributed by atoms with Crippen molar-refractivity contribution >= 4 is 22.6 Å². The van der Waals surface area contributed by atoms with E-state index in [9.17, 15) is 22.0 Å². The maximum Gasteiger partial charge on any atom is 0.107 e. The van der Waals surface area contributed by atoms with E-state index in [4.69, 9.17) is 0 Å². The minimum Gasteiger partial charge on any atom is -0.250 e. The van der Waals surface area contributed by atoms with E-state index in [2.05, 4.69) is 0 Å². The van der Waals surface area contributed by atoms with Crippen LogP contribution in [-0.4, -0.2) is 36.8 Å². The summed E-state index contributed by atoms with van der Waals surface area (Å²) in [5.41, 5.74) is -2.18. The molecule has 0 aliphatic rings. The number of alkyl halides is 6. The Bertz CT molecular complexity index is 136. The summed E-state index contributed by atoms with van der Waals surface area (Å²) in [6.07, 6.45) is 0. The smallest absolute Gasteiger partial charge is 0.107 e. The highest BCUT2D eigenvalue weighted by Gasteiger charge is 2.51. The van der Waals surface area contributed by atoms with Crippen molar-refractivity contribution in [2.45, 2.75) is 3.42 Å². The SMILES string of the molecule is FCC(I)(CF)C(CF)(CF)CF. The molecule has 0 aliphatic carbocycles. The molecule has 0 rings (SSSR count). The highest BCUT2D eigenvalue weighted by atomic mass is 127. The summed E-state index contributed by atoms with van der Waals surface area (Å²) in [6, 6.07) is 0. The number of hydrogen-bond donors (Lipinski definition) is 0. The van der Waals surface area contributed by atoms with Crippen molar-refractivity contribution < 1.29 is 22.0 Å². The van der Waals surface area contributed by atoms with Gasteiger partial charge in [0.15, 0.2) is 0 Å². The van der Waals surface area contributed by atoms with Gasteiger partial charge in [-0.05, 0) is 0 Å². The largest absolute Gasteiger partial charge is 0.250 e. The molecule has 0 aromatic rings. The molecule has 0 atom stereocenters. The van der Waals surface area contributed by atoms with Crippen LogP contribution in [-0.2, 0) is 0 Å². The van der Waals surface area contributed by atoms with Crippen LogP contribution >= 0.6 is 22.6 Å². The van der Waals surface area contributed by atoms with Crippen molar-refractivity contribution in [1.29, 1.82) is 0 Å². The summed E-state index contributed by atoms with van der Waals surface area (Å²) in [4.78, 5) is 0. The third kappa shape index (κ3) is 2.24. The van der Waals surface area contributed by atoms with Crippen LogP contribution in [0.2, 0.25) is 0 Å². The van der Waals surface area contributed by atoms with Crippen LogP contribution in [0.1, 0.15) is 0 Å². The van der Waals surface area contributed by atoms with Gasteiger partial charge in [-0.25, -0.2) is 8.78 Å². The lowest BCUT2D eigenvalue weighted by atomic mass is 9.80. The maximum absolute atomic E-state index is 12.4. The molecule has 0 aromatic carbocycles. The van der Waals surface area contributed by atoms with Crippen molar-refractivity contribution in [2.75, 3.05) is 33.4 Å². The first kappa shape index (κ1) is 13.4. The molecule has 0 heterocycles. The van der Waals surface area contributed by atoms with E-state index in [1.807, 2.05) is 0 Å². The Kier molecular flexibility index (Phi) is 5.46. The molecule has 0 unspecified atom stereocenters. The highest BCUT2D eigenvalue weighted by Crippen LogP contribution is 2.42. The molecular weight excluding hydrogens is 306 g/mol. The lowest BCUT2D eigenvalue weighted by Gasteiger charge is -2.38. The van der Waals surface area contributed by atoms with E-state index in [0.29, 0.717) is 0 Å². The summed E-state index contributed by atoms with van der Waals surface area (Å²) in [7, 11) is 0. The summed E-state index contributed by atoms with van der Waals surface area (Å²) in [6.45, 7) is -6.80. The molecule has 80 valence electrons. The summed E-state index contributed by atoms with van der Waals surface area (Å²) >= 11 is 1.25. The molecule has 0 aliphatic heterocycles. The molecule has 0 bridgehead atoms. The van der Waals surface area contributed by atoms with Gasteiger partial charge >= 0.3 is 0 Å². The monoisotopic (exact) mass is 316 g/mol. The second-order valence-electron chi connectivity index (χ2n) is 2.91. The minimum atomic E-state index is -2.18. The molecule has 0 spiro atoms. The fourth-order valence-corrected chi connectivity index (χ4v) is 1.22. The van der Waals surface area contributed by atoms with Crippen molar-refractivity contribution in [3.05, 3.63) is 0 Å². The Morgan fingerprint density at radius 1 is 0.692 bits per heavy atom. The van der Waals surface area contributed by atoms with E-state index in [1.165, 1.54) is 22.6 Å². The molecule has 0 saturated carbocycles. The standard InChI is InChI=1S/C7H10F5I/c8-1-6(2-9,3-10)7(13,4-11)5-12/h1-5H2. The van der Waals surface area contributed by atoms with Crippen molar-refractivity contribution in [3.63, 3.8) is 0 Å². The number of halogens is 6. The van der Waals surface area contributed by atoms with Crippen LogP contribution in [0.15, 0.2) is 0 Å². The van der Waals surface area contributed by atoms with Crippen LogP contribution < -0.4 is 0 Å². The zero-order valence-electron chi connectivity index (χ0n) is 6.80. The lowest BCUT2D eigenvalue weighted by molar-refractivity contribution is 0.0503. The fraction of sp³-hybridized carbons (Fsp3) is 1.00. The van der Waals surface area contributed by atoms with Crippen LogP contribution in [0.25, 0.3) is 0 Å². The van der Waals surface area contributed by atoms with Gasteiger partial charge in [-0.3, -0.25) is 13.2 Å². The van der Waals surface area contributed by atoms with Gasteiger partial charge in [0.2, 0.25) is 0 Å². The van der Waals surface area contributed by atoms with Crippen LogP contribution in [0, 0.1) is 5.41 Å². The molecular formula is C7H10F5I. The first-order valence-corrected chi connectivity index (χ1v) is 4.62. The molecule has 0 N–H and O–H groups in total. The molecule has 0 saturated heterocycles. The molecule has 13 heavy (non-hydrogen) atoms. The van der Waals surface area contributed by atoms with Crippen molar-refractivity contribution in [3.8, 4) is 0 Å². The summed E-state index contributed by atoms with van der Waals surface area (Å²) < 4.78 is 59.9. The molecule has 6 heteroatoms. The fourth-order valence-electron chi connectivity index (χ4n) is 0.786. The van der Waals surface area contributed by atoms with Gasteiger partial charge in [0.1, 0.15) is 33.4 Å². The third-order valence-corrected chi connectivity index (χ3v) is 3.86. The third-order valence-electron chi connectivity index (χ3n) is 2.14. The quantitative estimate of drug-likeness (QED) is 0.401. The van der Waals surface area contributed by atoms with Gasteiger partial charge in [0.05, 0.1) is 8.84 Å². The van der Waals surface area contributed by atoms with Gasteiger partial charge in [-0.1, -0.05) is 22.6 Å². The van der Waals surface area contributed by atoms with Gasteiger partial charge < -0.3 is 0 Å². The number of rotatable bonds is 6. The van der Waals surface area contributed by atoms with Crippen LogP contribution in [0.3, 0.4) is 0 Å². The predicted octanol–water partition coefficient (Wildman–Crippen LogP) is 2.99. The Hall–Kier alpha value is 0.380. The first-order valence-electron chi connectivity index (χ1n) is 3.54. The Balaban J connectivity index is 4.87. The van der Waals surface area contributed by atoms with Gasteiger partial charge in [0.25, 0.3) is 0 Å². The maximum atomic E-state index is 12.4. The highest BCUT2D eigenvalue weighted by molar-refractivity contribution is 14.1. The van der Waals surface area contributed by atoms with E-state index < -0.39 is 42.2 Å². The van der Waals surface area contributed by atoms with Crippen LogP contribution in [0.5, 0.6) is 0 Å². The molecule has 0 amide bonds. The zero-order chi connectivity index (χ0) is 10.5. The topological polar surface area (TPSA) is 0 Å². The molecule has 0 radical (unpaired) electrons. The van der Waals surface area contributed by atoms with Gasteiger partial charge in [0, 0.05) is 0 Å². The van der Waals surface area contributed by atoms with Crippen molar-refractivity contribution in [2.24, 2.45) is 5.41 Å². The lowest BCUT2D eigenvalue weighted by Crippen LogP contribution is -2.52. The Morgan fingerprint density at radius 3 is 1.08 bits per heavy atom. The Labute approximate surface area is 87.0 Å². The predicted molar refractivity (Wildman–Crippen MR) is 49.1 cm³/mol. The number of hydrogen-bond acceptors (Lipinski definition) is 0. The van der Waals surface area contributed by atoms with Crippen molar-refractivity contribution in [1.82, 2.24) is 0 Å². The molecule has 0 aromatic heterocycles. The summed E-state index contributed by atoms with van der Waals surface area (Å²) in [5.74, 6) is 0. The second-order valence-corrected chi connectivity index (χ2v) is 4.98. The molecule has 0 fully saturated rings. The average Bonchev–Trinajstić information content (AvgIpc) is 2.20. The van der Waals surface area contributed by atoms with E-state index in [0.717, 1.165) is 0 Å². The Morgan fingerprint density at radius 2 is 1.00 bits per heavy atom. The first-order chi connectivity index (χ1) is 6.05. The molecule has 0 nitrogen and oxygen atoms in total. The summed E-state index contributed by atoms with van der Waals surface area (Å²) in [5, 5.41) is 0. The average molecular weight is 316 g/mol. The van der Waals surface area contributed by atoms with E-state index in [1.54, 1.807) is 0 Å².